The standard InChI is InChI=1S/C16H34O2Si/c1-9-15(8)16(10-11-17)18-19(12(2)3,13(4)5)14(6)7/h9,12-17H,1,10-11H2,2-8H3/t15-,16-/m1/s1. The molecule has 0 spiro atoms. The van der Waals surface area contributed by atoms with Gasteiger partial charge < -0.3 is 9.53 Å². The molecular weight excluding hydrogens is 252 g/mol. The van der Waals surface area contributed by atoms with Gasteiger partial charge in [-0.05, 0) is 29.0 Å². The lowest BCUT2D eigenvalue weighted by molar-refractivity contribution is 0.106. The van der Waals surface area contributed by atoms with Gasteiger partial charge in [0.1, 0.15) is 0 Å². The van der Waals surface area contributed by atoms with Gasteiger partial charge >= 0.3 is 0 Å². The molecule has 0 heterocycles. The van der Waals surface area contributed by atoms with Crippen LogP contribution in [0.2, 0.25) is 16.6 Å². The fraction of sp³-hybridized carbons (Fsp3) is 0.875. The van der Waals surface area contributed by atoms with E-state index in [9.17, 15) is 5.11 Å². The summed E-state index contributed by atoms with van der Waals surface area (Å²) in [5, 5.41) is 9.29. The van der Waals surface area contributed by atoms with Crippen LogP contribution in [-0.4, -0.2) is 26.1 Å². The minimum Gasteiger partial charge on any atom is -0.412 e. The summed E-state index contributed by atoms with van der Waals surface area (Å²) in [5.74, 6) is 0.287. The van der Waals surface area contributed by atoms with Crippen molar-refractivity contribution in [1.29, 1.82) is 0 Å². The molecule has 0 unspecified atom stereocenters. The van der Waals surface area contributed by atoms with Gasteiger partial charge in [-0.1, -0.05) is 54.5 Å². The monoisotopic (exact) mass is 286 g/mol. The molecule has 114 valence electrons. The summed E-state index contributed by atoms with van der Waals surface area (Å²) in [7, 11) is -1.87. The lowest BCUT2D eigenvalue weighted by atomic mass is 10.0. The van der Waals surface area contributed by atoms with E-state index < -0.39 is 8.32 Å². The van der Waals surface area contributed by atoms with Gasteiger partial charge in [0.05, 0.1) is 6.10 Å². The predicted octanol–water partition coefficient (Wildman–Crippen LogP) is 4.75. The molecule has 1 N–H and O–H groups in total. The normalized spacial score (nSPS) is 16.2. The van der Waals surface area contributed by atoms with Crippen molar-refractivity contribution < 1.29 is 9.53 Å². The Labute approximate surface area is 121 Å². The maximum Gasteiger partial charge on any atom is 0.200 e. The van der Waals surface area contributed by atoms with Gasteiger partial charge in [-0.25, -0.2) is 0 Å². The average Bonchev–Trinajstić information content (AvgIpc) is 2.31. The molecule has 2 nitrogen and oxygen atoms in total. The zero-order chi connectivity index (χ0) is 15.2. The molecule has 19 heavy (non-hydrogen) atoms. The fourth-order valence-electron chi connectivity index (χ4n) is 3.38. The second-order valence-electron chi connectivity index (χ2n) is 6.58. The minimum absolute atomic E-state index is 0.0985. The first-order valence-electron chi connectivity index (χ1n) is 7.65. The summed E-state index contributed by atoms with van der Waals surface area (Å²) in [6.07, 6.45) is 2.75. The first kappa shape index (κ1) is 18.9. The second-order valence-corrected chi connectivity index (χ2v) is 12.0. The molecule has 0 rings (SSSR count). The summed E-state index contributed by atoms with van der Waals surface area (Å²) in [6, 6.07) is 0. The summed E-state index contributed by atoms with van der Waals surface area (Å²) < 4.78 is 6.72. The molecule has 0 aliphatic rings. The molecule has 0 aromatic rings. The van der Waals surface area contributed by atoms with Crippen LogP contribution in [0.25, 0.3) is 0 Å². The van der Waals surface area contributed by atoms with Crippen LogP contribution < -0.4 is 0 Å². The highest BCUT2D eigenvalue weighted by atomic mass is 28.4. The Bertz CT molecular complexity index is 240. The van der Waals surface area contributed by atoms with E-state index in [0.29, 0.717) is 23.0 Å². The lowest BCUT2D eigenvalue weighted by Gasteiger charge is -2.45. The van der Waals surface area contributed by atoms with Gasteiger partial charge in [0, 0.05) is 6.61 Å². The van der Waals surface area contributed by atoms with Gasteiger partial charge in [-0.15, -0.1) is 6.58 Å². The molecule has 0 saturated heterocycles. The molecule has 0 fully saturated rings. The summed E-state index contributed by atoms with van der Waals surface area (Å²) in [5.41, 5.74) is 1.72. The molecule has 0 aliphatic heterocycles. The number of rotatable bonds is 9. The van der Waals surface area contributed by atoms with Crippen LogP contribution in [0, 0.1) is 5.92 Å². The van der Waals surface area contributed by atoms with E-state index in [1.165, 1.54) is 0 Å². The van der Waals surface area contributed by atoms with E-state index in [4.69, 9.17) is 4.43 Å². The van der Waals surface area contributed by atoms with E-state index in [1.807, 2.05) is 6.08 Å². The van der Waals surface area contributed by atoms with E-state index in [0.717, 1.165) is 0 Å². The molecule has 0 aromatic carbocycles. The topological polar surface area (TPSA) is 29.5 Å². The highest BCUT2D eigenvalue weighted by Gasteiger charge is 2.46. The van der Waals surface area contributed by atoms with Gasteiger partial charge in [0.15, 0.2) is 0 Å². The lowest BCUT2D eigenvalue weighted by Crippen LogP contribution is -2.51. The zero-order valence-electron chi connectivity index (χ0n) is 13.9. The molecule has 3 heteroatoms. The Morgan fingerprint density at radius 1 is 1.00 bits per heavy atom. The smallest absolute Gasteiger partial charge is 0.200 e. The average molecular weight is 287 g/mol. The molecule has 0 amide bonds. The van der Waals surface area contributed by atoms with Crippen LogP contribution in [0.4, 0.5) is 0 Å². The highest BCUT2D eigenvalue weighted by Crippen LogP contribution is 2.44. The van der Waals surface area contributed by atoms with Crippen LogP contribution in [0.1, 0.15) is 54.9 Å². The minimum atomic E-state index is -1.87. The zero-order valence-corrected chi connectivity index (χ0v) is 14.9. The maximum atomic E-state index is 9.29. The number of hydrogen-bond acceptors (Lipinski definition) is 2. The molecular formula is C16H34O2Si. The fourth-order valence-corrected chi connectivity index (χ4v) is 9.05. The van der Waals surface area contributed by atoms with Crippen molar-refractivity contribution in [3.63, 3.8) is 0 Å². The van der Waals surface area contributed by atoms with E-state index in [-0.39, 0.29) is 18.6 Å². The molecule has 0 aliphatic carbocycles. The van der Waals surface area contributed by atoms with Gasteiger partial charge in [-0.2, -0.15) is 0 Å². The highest BCUT2D eigenvalue weighted by molar-refractivity contribution is 6.77. The van der Waals surface area contributed by atoms with Crippen LogP contribution >= 0.6 is 0 Å². The van der Waals surface area contributed by atoms with Crippen molar-refractivity contribution in [2.24, 2.45) is 5.92 Å². The molecule has 0 aromatic heterocycles. The van der Waals surface area contributed by atoms with Gasteiger partial charge in [0.25, 0.3) is 0 Å². The quantitative estimate of drug-likeness (QED) is 0.489. The first-order valence-corrected chi connectivity index (χ1v) is 9.79. The Hall–Kier alpha value is -0.123. The van der Waals surface area contributed by atoms with E-state index in [1.54, 1.807) is 0 Å². The van der Waals surface area contributed by atoms with E-state index in [2.05, 4.69) is 55.0 Å². The number of hydrogen-bond donors (Lipinski definition) is 1. The van der Waals surface area contributed by atoms with Crippen molar-refractivity contribution in [2.75, 3.05) is 6.61 Å². The third kappa shape index (κ3) is 4.43. The van der Waals surface area contributed by atoms with E-state index >= 15 is 0 Å². The summed E-state index contributed by atoms with van der Waals surface area (Å²) in [4.78, 5) is 0. The van der Waals surface area contributed by atoms with Crippen molar-refractivity contribution in [2.45, 2.75) is 77.6 Å². The largest absolute Gasteiger partial charge is 0.412 e. The van der Waals surface area contributed by atoms with Crippen molar-refractivity contribution in [1.82, 2.24) is 0 Å². The van der Waals surface area contributed by atoms with Crippen molar-refractivity contribution >= 4 is 8.32 Å². The van der Waals surface area contributed by atoms with Crippen LogP contribution in [-0.2, 0) is 4.43 Å². The number of aliphatic hydroxyl groups excluding tert-OH is 1. The molecule has 0 saturated carbocycles. The Morgan fingerprint density at radius 3 is 1.68 bits per heavy atom. The number of aliphatic hydroxyl groups is 1. The SMILES string of the molecule is C=C[C@@H](C)[C@@H](CCO)O[Si](C(C)C)(C(C)C)C(C)C. The van der Waals surface area contributed by atoms with Crippen LogP contribution in [0.5, 0.6) is 0 Å². The Balaban J connectivity index is 5.31. The summed E-state index contributed by atoms with van der Waals surface area (Å²) in [6.45, 7) is 20.0. The molecule has 0 bridgehead atoms. The van der Waals surface area contributed by atoms with Crippen LogP contribution in [0.3, 0.4) is 0 Å². The molecule has 0 radical (unpaired) electrons. The second kappa shape index (κ2) is 8.23. The first-order chi connectivity index (χ1) is 8.73. The van der Waals surface area contributed by atoms with Crippen molar-refractivity contribution in [3.05, 3.63) is 12.7 Å². The summed E-state index contributed by atoms with van der Waals surface area (Å²) >= 11 is 0. The Morgan fingerprint density at radius 2 is 1.42 bits per heavy atom. The predicted molar refractivity (Wildman–Crippen MR) is 87.0 cm³/mol. The maximum absolute atomic E-state index is 9.29. The van der Waals surface area contributed by atoms with Gasteiger partial charge in [-0.3, -0.25) is 0 Å². The third-order valence-corrected chi connectivity index (χ3v) is 10.6. The van der Waals surface area contributed by atoms with Crippen LogP contribution in [0.15, 0.2) is 12.7 Å². The third-order valence-electron chi connectivity index (χ3n) is 4.43. The molecule has 2 atom stereocenters. The van der Waals surface area contributed by atoms with Gasteiger partial charge in [0.2, 0.25) is 8.32 Å². The Kier molecular flexibility index (Phi) is 8.17. The van der Waals surface area contributed by atoms with Crippen molar-refractivity contribution in [3.8, 4) is 0 Å².